The molecule has 3 aromatic carbocycles. The van der Waals surface area contributed by atoms with E-state index in [9.17, 15) is 24.0 Å². The molecule has 2 aliphatic rings. The van der Waals surface area contributed by atoms with Crippen LogP contribution in [-0.4, -0.2) is 97.9 Å². The molecular weight excluding hydrogens is 762 g/mol. The third-order valence-electron chi connectivity index (χ3n) is 10.6. The van der Waals surface area contributed by atoms with Gasteiger partial charge in [0.25, 0.3) is 5.91 Å². The van der Waals surface area contributed by atoms with Crippen molar-refractivity contribution in [3.8, 4) is 22.5 Å². The summed E-state index contributed by atoms with van der Waals surface area (Å²) in [4.78, 5) is 65.0. The van der Waals surface area contributed by atoms with E-state index in [1.807, 2.05) is 12.1 Å². The largest absolute Gasteiger partial charge is 0.465 e. The lowest BCUT2D eigenvalue weighted by atomic mass is 9.81. The van der Waals surface area contributed by atoms with Crippen LogP contribution in [0.2, 0.25) is 0 Å². The Morgan fingerprint density at radius 2 is 1.56 bits per heavy atom. The number of H-pyrrole nitrogens is 1. The van der Waals surface area contributed by atoms with Gasteiger partial charge in [0.15, 0.2) is 0 Å². The molecule has 4 aromatic rings. The van der Waals surface area contributed by atoms with Gasteiger partial charge >= 0.3 is 12.2 Å². The Kier molecular flexibility index (Phi) is 13.5. The number of anilines is 1. The van der Waals surface area contributed by atoms with Gasteiger partial charge in [-0.15, -0.1) is 10.2 Å². The van der Waals surface area contributed by atoms with Gasteiger partial charge in [-0.3, -0.25) is 14.4 Å². The van der Waals surface area contributed by atoms with E-state index in [1.165, 1.54) is 17.0 Å². The highest BCUT2D eigenvalue weighted by Gasteiger charge is 2.31. The normalized spacial score (nSPS) is 17.7. The molecule has 312 valence electrons. The topological polar surface area (TPSA) is 221 Å². The Bertz CT molecular complexity index is 2090. The van der Waals surface area contributed by atoms with E-state index in [4.69, 9.17) is 9.84 Å². The van der Waals surface area contributed by atoms with E-state index in [2.05, 4.69) is 41.9 Å². The number of amides is 5. The van der Waals surface area contributed by atoms with Gasteiger partial charge in [0.2, 0.25) is 17.6 Å². The molecule has 1 aliphatic heterocycles. The summed E-state index contributed by atoms with van der Waals surface area (Å²) in [5.41, 5.74) is 2.50. The van der Waals surface area contributed by atoms with E-state index in [-0.39, 0.29) is 35.8 Å². The lowest BCUT2D eigenvalue weighted by Crippen LogP contribution is -2.48. The van der Waals surface area contributed by atoms with Crippen LogP contribution in [0.25, 0.3) is 22.5 Å². The number of rotatable bonds is 12. The van der Waals surface area contributed by atoms with Gasteiger partial charge in [0.05, 0.1) is 5.56 Å². The van der Waals surface area contributed by atoms with Gasteiger partial charge in [-0.25, -0.2) is 14.0 Å². The van der Waals surface area contributed by atoms with Crippen molar-refractivity contribution in [1.82, 2.24) is 41.5 Å². The predicted octanol–water partition coefficient (Wildman–Crippen LogP) is 5.54. The lowest BCUT2D eigenvalue weighted by molar-refractivity contribution is -0.130. The fourth-order valence-corrected chi connectivity index (χ4v) is 7.31. The van der Waals surface area contributed by atoms with E-state index >= 15 is 4.39 Å². The van der Waals surface area contributed by atoms with Crippen LogP contribution in [0.15, 0.2) is 66.7 Å². The molecule has 1 aliphatic carbocycles. The highest BCUT2D eigenvalue weighted by atomic mass is 19.1. The number of alkyl carbamates (subject to hydrolysis) is 1. The maximum absolute atomic E-state index is 15.3. The van der Waals surface area contributed by atoms with E-state index < -0.39 is 41.5 Å². The fourth-order valence-electron chi connectivity index (χ4n) is 7.31. The number of tetrazole rings is 1. The summed E-state index contributed by atoms with van der Waals surface area (Å²) in [5, 5.41) is 34.7. The number of aromatic amines is 1. The number of halogens is 1. The highest BCUT2D eigenvalue weighted by Crippen LogP contribution is 2.29. The zero-order chi connectivity index (χ0) is 42.1. The van der Waals surface area contributed by atoms with Crippen molar-refractivity contribution in [2.45, 2.75) is 83.4 Å². The van der Waals surface area contributed by atoms with Crippen molar-refractivity contribution in [1.29, 1.82) is 0 Å². The Labute approximate surface area is 341 Å². The van der Waals surface area contributed by atoms with Crippen LogP contribution in [0, 0.1) is 17.7 Å². The molecule has 6 N–H and O–H groups in total. The molecule has 5 amide bonds. The minimum absolute atomic E-state index is 0.106. The zero-order valence-electron chi connectivity index (χ0n) is 33.3. The van der Waals surface area contributed by atoms with Crippen LogP contribution in [-0.2, 0) is 20.7 Å². The van der Waals surface area contributed by atoms with Gasteiger partial charge in [-0.1, -0.05) is 30.3 Å². The van der Waals surface area contributed by atoms with Crippen molar-refractivity contribution in [2.24, 2.45) is 11.8 Å². The van der Waals surface area contributed by atoms with Gasteiger partial charge < -0.3 is 36.0 Å². The predicted molar refractivity (Wildman–Crippen MR) is 215 cm³/mol. The SMILES string of the molecule is CC(C)(C)OC(=O)NCC1CCC(C(=O)N[C@@H](Cc2ccc(-c3ccc(C(=O)NC4CCN(C(=O)O)CC4)c(F)c3)cc2)C(=O)Nc2ccc(-c3nn[nH]n3)cc2)CC1. The molecule has 6 rings (SSSR count). The van der Waals surface area contributed by atoms with Crippen molar-refractivity contribution >= 4 is 35.6 Å². The number of likely N-dealkylation sites (tertiary alicyclic amines) is 1. The number of benzene rings is 3. The molecule has 59 heavy (non-hydrogen) atoms. The number of hydrogen-bond donors (Lipinski definition) is 6. The summed E-state index contributed by atoms with van der Waals surface area (Å²) in [6, 6.07) is 17.3. The van der Waals surface area contributed by atoms with Crippen LogP contribution >= 0.6 is 0 Å². The Balaban J connectivity index is 1.09. The number of aromatic nitrogens is 4. The van der Waals surface area contributed by atoms with Gasteiger partial charge in [0, 0.05) is 49.3 Å². The maximum atomic E-state index is 15.3. The molecule has 1 saturated heterocycles. The summed E-state index contributed by atoms with van der Waals surface area (Å²) in [6.07, 6.45) is 2.28. The molecule has 0 unspecified atom stereocenters. The quantitative estimate of drug-likeness (QED) is 0.105. The molecule has 0 bridgehead atoms. The van der Waals surface area contributed by atoms with Crippen LogP contribution in [0.3, 0.4) is 0 Å². The summed E-state index contributed by atoms with van der Waals surface area (Å²) in [7, 11) is 0. The van der Waals surface area contributed by atoms with Gasteiger partial charge in [-0.2, -0.15) is 5.21 Å². The maximum Gasteiger partial charge on any atom is 0.407 e. The molecule has 2 fully saturated rings. The summed E-state index contributed by atoms with van der Waals surface area (Å²) in [5.74, 6) is -1.57. The van der Waals surface area contributed by atoms with Crippen LogP contribution in [0.5, 0.6) is 0 Å². The Morgan fingerprint density at radius 1 is 0.898 bits per heavy atom. The summed E-state index contributed by atoms with van der Waals surface area (Å²) in [6.45, 7) is 6.47. The first-order chi connectivity index (χ1) is 28.2. The molecule has 2 heterocycles. The zero-order valence-corrected chi connectivity index (χ0v) is 33.3. The van der Waals surface area contributed by atoms with E-state index in [1.54, 1.807) is 63.2 Å². The number of carbonyl (C=O) groups excluding carboxylic acids is 4. The van der Waals surface area contributed by atoms with Crippen LogP contribution in [0.1, 0.15) is 75.2 Å². The molecule has 0 spiro atoms. The Morgan fingerprint density at radius 3 is 2.17 bits per heavy atom. The first-order valence-electron chi connectivity index (χ1n) is 19.8. The second kappa shape index (κ2) is 18.9. The minimum Gasteiger partial charge on any atom is -0.465 e. The first-order valence-corrected chi connectivity index (χ1v) is 19.8. The molecule has 17 heteroatoms. The molecule has 0 radical (unpaired) electrons. The van der Waals surface area contributed by atoms with Crippen molar-refractivity contribution in [3.63, 3.8) is 0 Å². The highest BCUT2D eigenvalue weighted by molar-refractivity contribution is 5.98. The van der Waals surface area contributed by atoms with Crippen molar-refractivity contribution in [3.05, 3.63) is 83.7 Å². The molecule has 1 atom stereocenters. The van der Waals surface area contributed by atoms with Crippen LogP contribution in [0.4, 0.5) is 19.7 Å². The van der Waals surface area contributed by atoms with E-state index in [0.717, 1.165) is 18.4 Å². The standard InChI is InChI=1S/C42H50FN9O7/c1-42(2,3)59-40(56)44-24-26-6-10-29(11-7-26)37(53)47-35(39(55)46-31-15-12-28(13-16-31)36-48-50-51-49-36)22-25-4-8-27(9-5-25)30-14-17-33(34(43)23-30)38(54)45-32-18-20-52(21-19-32)41(57)58/h4-5,8-9,12-17,23,26,29,32,35H,6-7,10-11,18-22,24H2,1-3H3,(H,44,56)(H,45,54)(H,46,55)(H,47,53)(H,57,58)(H,48,49,50,51)/t26?,29?,35-/m0/s1. The number of hydrogen-bond acceptors (Lipinski definition) is 9. The average Bonchev–Trinajstić information content (AvgIpc) is 3.75. The third-order valence-corrected chi connectivity index (χ3v) is 10.6. The number of piperidine rings is 1. The lowest BCUT2D eigenvalue weighted by Gasteiger charge is -2.30. The molecular formula is C42H50FN9O7. The summed E-state index contributed by atoms with van der Waals surface area (Å²) >= 11 is 0. The second-order valence-electron chi connectivity index (χ2n) is 16.1. The third kappa shape index (κ3) is 11.8. The average molecular weight is 812 g/mol. The number of ether oxygens (including phenoxy) is 1. The molecule has 1 aromatic heterocycles. The first kappa shape index (κ1) is 42.2. The molecule has 16 nitrogen and oxygen atoms in total. The fraction of sp³-hybridized carbons (Fsp3) is 0.429. The van der Waals surface area contributed by atoms with Gasteiger partial charge in [-0.05, 0) is 124 Å². The smallest absolute Gasteiger partial charge is 0.407 e. The van der Waals surface area contributed by atoms with Gasteiger partial charge in [0.1, 0.15) is 17.5 Å². The van der Waals surface area contributed by atoms with Crippen LogP contribution < -0.4 is 21.3 Å². The number of nitrogens with zero attached hydrogens (tertiary/aromatic N) is 4. The molecule has 1 saturated carbocycles. The second-order valence-corrected chi connectivity index (χ2v) is 16.1. The number of carbonyl (C=O) groups is 5. The number of nitrogens with one attached hydrogen (secondary N) is 5. The minimum atomic E-state index is -1.00. The summed E-state index contributed by atoms with van der Waals surface area (Å²) < 4.78 is 20.6. The number of carboxylic acid groups (broad SMARTS) is 1. The van der Waals surface area contributed by atoms with Crippen molar-refractivity contribution in [2.75, 3.05) is 25.0 Å². The van der Waals surface area contributed by atoms with E-state index in [0.29, 0.717) is 73.5 Å². The van der Waals surface area contributed by atoms with Crippen molar-refractivity contribution < 1.29 is 38.2 Å². The monoisotopic (exact) mass is 811 g/mol. The Hall–Kier alpha value is -6.39.